The highest BCUT2D eigenvalue weighted by Crippen LogP contribution is 2.35. The second kappa shape index (κ2) is 7.43. The van der Waals surface area contributed by atoms with Gasteiger partial charge in [-0.2, -0.15) is 13.2 Å². The predicted molar refractivity (Wildman–Crippen MR) is 119 cm³/mol. The summed E-state index contributed by atoms with van der Waals surface area (Å²) in [6, 6.07) is 5.64. The van der Waals surface area contributed by atoms with E-state index in [0.29, 0.717) is 11.0 Å². The van der Waals surface area contributed by atoms with Crippen LogP contribution in [0.4, 0.5) is 13.2 Å². The standard InChI is InChI=1S/C20H19F3N4O5S2/c1-5-33(29,30)17-10-16-15(26(3)19(28)27(16)4)9-12(17)18-24-13-8-11(6-7-14(13)25(18)2)34(31,32)20(21,22)23/h6-10H,5H2,1-4H3. The molecule has 34 heavy (non-hydrogen) atoms. The van der Waals surface area contributed by atoms with Crippen LogP contribution in [-0.2, 0) is 40.8 Å². The topological polar surface area (TPSA) is 113 Å². The van der Waals surface area contributed by atoms with Gasteiger partial charge in [-0.3, -0.25) is 9.13 Å². The first kappa shape index (κ1) is 24.0. The van der Waals surface area contributed by atoms with Crippen molar-refractivity contribution < 1.29 is 30.0 Å². The summed E-state index contributed by atoms with van der Waals surface area (Å²) < 4.78 is 92.6. The first-order valence-corrected chi connectivity index (χ1v) is 13.0. The highest BCUT2D eigenvalue weighted by molar-refractivity contribution is 7.92. The molecule has 4 aromatic rings. The first-order valence-electron chi connectivity index (χ1n) is 9.82. The molecule has 2 aromatic carbocycles. The molecule has 0 aliphatic rings. The Balaban J connectivity index is 2.07. The number of sulfone groups is 2. The third-order valence-corrected chi connectivity index (χ3v) is 9.05. The van der Waals surface area contributed by atoms with Crippen molar-refractivity contribution in [3.63, 3.8) is 0 Å². The van der Waals surface area contributed by atoms with Gasteiger partial charge in [-0.15, -0.1) is 0 Å². The Labute approximate surface area is 191 Å². The number of hydrogen-bond acceptors (Lipinski definition) is 6. The third kappa shape index (κ3) is 3.35. The van der Waals surface area contributed by atoms with E-state index in [1.54, 1.807) is 0 Å². The Morgan fingerprint density at radius 3 is 2.03 bits per heavy atom. The van der Waals surface area contributed by atoms with E-state index in [0.717, 1.165) is 12.1 Å². The molecule has 182 valence electrons. The van der Waals surface area contributed by atoms with Gasteiger partial charge in [0.2, 0.25) is 0 Å². The second-order valence-electron chi connectivity index (χ2n) is 7.74. The molecule has 0 saturated carbocycles. The van der Waals surface area contributed by atoms with Gasteiger partial charge >= 0.3 is 11.2 Å². The Morgan fingerprint density at radius 2 is 1.47 bits per heavy atom. The zero-order valence-electron chi connectivity index (χ0n) is 18.4. The van der Waals surface area contributed by atoms with Crippen molar-refractivity contribution >= 4 is 41.7 Å². The summed E-state index contributed by atoms with van der Waals surface area (Å²) in [5, 5.41) is 0. The molecule has 4 rings (SSSR count). The van der Waals surface area contributed by atoms with Gasteiger partial charge in [0.15, 0.2) is 9.84 Å². The largest absolute Gasteiger partial charge is 0.501 e. The van der Waals surface area contributed by atoms with Crippen LogP contribution in [0.1, 0.15) is 6.92 Å². The van der Waals surface area contributed by atoms with E-state index in [9.17, 15) is 34.8 Å². The van der Waals surface area contributed by atoms with Gasteiger partial charge in [0.1, 0.15) is 5.82 Å². The van der Waals surface area contributed by atoms with E-state index in [1.165, 1.54) is 60.0 Å². The molecule has 0 radical (unpaired) electrons. The number of alkyl halides is 3. The molecule has 0 spiro atoms. The minimum absolute atomic E-state index is 0.0651. The SMILES string of the molecule is CCS(=O)(=O)c1cc2c(cc1-c1nc3cc(S(=O)(=O)C(F)(F)F)ccc3n1C)n(C)c(=O)n2C. The number of imidazole rings is 2. The lowest BCUT2D eigenvalue weighted by molar-refractivity contribution is -0.0435. The summed E-state index contributed by atoms with van der Waals surface area (Å²) in [7, 11) is -4.86. The van der Waals surface area contributed by atoms with Gasteiger partial charge in [0, 0.05) is 26.7 Å². The van der Waals surface area contributed by atoms with Crippen LogP contribution in [0, 0.1) is 0 Å². The number of benzene rings is 2. The summed E-state index contributed by atoms with van der Waals surface area (Å²) >= 11 is 0. The summed E-state index contributed by atoms with van der Waals surface area (Å²) in [6.07, 6.45) is 0. The lowest BCUT2D eigenvalue weighted by atomic mass is 10.2. The number of hydrogen-bond donors (Lipinski definition) is 0. The number of fused-ring (bicyclic) bond motifs is 2. The molecule has 0 aliphatic heterocycles. The van der Waals surface area contributed by atoms with Crippen molar-refractivity contribution in [1.82, 2.24) is 18.7 Å². The molecule has 0 bridgehead atoms. The molecule has 0 fully saturated rings. The molecule has 2 aromatic heterocycles. The average molecular weight is 517 g/mol. The first-order chi connectivity index (χ1) is 15.6. The zero-order valence-corrected chi connectivity index (χ0v) is 20.0. The van der Waals surface area contributed by atoms with E-state index in [4.69, 9.17) is 0 Å². The van der Waals surface area contributed by atoms with Gasteiger partial charge in [-0.05, 0) is 30.3 Å². The second-order valence-corrected chi connectivity index (χ2v) is 11.9. The maximum absolute atomic E-state index is 13.0. The summed E-state index contributed by atoms with van der Waals surface area (Å²) in [6.45, 7) is 1.45. The minimum Gasteiger partial charge on any atom is -0.327 e. The number of aryl methyl sites for hydroxylation is 3. The molecule has 9 nitrogen and oxygen atoms in total. The number of aromatic nitrogens is 4. The van der Waals surface area contributed by atoms with Crippen LogP contribution in [0.5, 0.6) is 0 Å². The Bertz CT molecular complexity index is 1760. The van der Waals surface area contributed by atoms with E-state index in [2.05, 4.69) is 4.98 Å². The monoisotopic (exact) mass is 516 g/mol. The lowest BCUT2D eigenvalue weighted by Crippen LogP contribution is -2.23. The van der Waals surface area contributed by atoms with E-state index >= 15 is 0 Å². The van der Waals surface area contributed by atoms with E-state index < -0.39 is 30.1 Å². The molecule has 0 aliphatic carbocycles. The van der Waals surface area contributed by atoms with Crippen molar-refractivity contribution in [3.05, 3.63) is 40.8 Å². The highest BCUT2D eigenvalue weighted by Gasteiger charge is 2.47. The van der Waals surface area contributed by atoms with Crippen molar-refractivity contribution in [2.75, 3.05) is 5.75 Å². The molecular weight excluding hydrogens is 497 g/mol. The number of halogens is 3. The molecule has 0 N–H and O–H groups in total. The van der Waals surface area contributed by atoms with Crippen LogP contribution in [0.3, 0.4) is 0 Å². The Hall–Kier alpha value is -3.13. The highest BCUT2D eigenvalue weighted by atomic mass is 32.2. The molecule has 0 unspecified atom stereocenters. The lowest BCUT2D eigenvalue weighted by Gasteiger charge is -2.11. The van der Waals surface area contributed by atoms with Crippen LogP contribution in [0.15, 0.2) is 44.9 Å². The fourth-order valence-electron chi connectivity index (χ4n) is 3.83. The van der Waals surface area contributed by atoms with Gasteiger partial charge in [-0.25, -0.2) is 26.6 Å². The van der Waals surface area contributed by atoms with Crippen molar-refractivity contribution in [3.8, 4) is 11.4 Å². The summed E-state index contributed by atoms with van der Waals surface area (Å²) in [5.41, 5.74) is -4.70. The van der Waals surface area contributed by atoms with Gasteiger partial charge in [-0.1, -0.05) is 6.92 Å². The Kier molecular flexibility index (Phi) is 5.25. The van der Waals surface area contributed by atoms with Crippen LogP contribution in [0.25, 0.3) is 33.5 Å². The van der Waals surface area contributed by atoms with Crippen molar-refractivity contribution in [2.45, 2.75) is 22.2 Å². The van der Waals surface area contributed by atoms with Gasteiger partial charge in [0.25, 0.3) is 9.84 Å². The summed E-state index contributed by atoms with van der Waals surface area (Å²) in [5.74, 6) is -0.161. The normalized spacial score (nSPS) is 13.3. The maximum Gasteiger partial charge on any atom is 0.501 e. The fraction of sp³-hybridized carbons (Fsp3) is 0.300. The average Bonchev–Trinajstić information content (AvgIpc) is 3.21. The van der Waals surface area contributed by atoms with Crippen LogP contribution >= 0.6 is 0 Å². The molecule has 0 atom stereocenters. The molecule has 0 saturated heterocycles. The predicted octanol–water partition coefficient (Wildman–Crippen LogP) is 2.52. The van der Waals surface area contributed by atoms with Crippen LogP contribution < -0.4 is 5.69 Å². The van der Waals surface area contributed by atoms with Crippen molar-refractivity contribution in [1.29, 1.82) is 0 Å². The third-order valence-electron chi connectivity index (χ3n) is 5.80. The molecule has 2 heterocycles. The van der Waals surface area contributed by atoms with Crippen molar-refractivity contribution in [2.24, 2.45) is 21.1 Å². The number of nitrogens with zero attached hydrogens (tertiary/aromatic N) is 4. The maximum atomic E-state index is 13.0. The fourth-order valence-corrected chi connectivity index (χ4v) is 5.70. The van der Waals surface area contributed by atoms with Crippen LogP contribution in [-0.4, -0.2) is 46.8 Å². The van der Waals surface area contributed by atoms with E-state index in [-0.39, 0.29) is 38.8 Å². The van der Waals surface area contributed by atoms with E-state index in [1.807, 2.05) is 0 Å². The zero-order chi connectivity index (χ0) is 25.4. The Morgan fingerprint density at radius 1 is 0.882 bits per heavy atom. The van der Waals surface area contributed by atoms with Gasteiger partial charge < -0.3 is 4.57 Å². The molecular formula is C20H19F3N4O5S2. The number of rotatable bonds is 4. The quantitative estimate of drug-likeness (QED) is 0.412. The summed E-state index contributed by atoms with van der Waals surface area (Å²) in [4.78, 5) is 15.6. The molecule has 0 amide bonds. The van der Waals surface area contributed by atoms with Gasteiger partial charge in [0.05, 0.1) is 37.6 Å². The molecule has 14 heteroatoms. The smallest absolute Gasteiger partial charge is 0.327 e. The van der Waals surface area contributed by atoms with Crippen LogP contribution in [0.2, 0.25) is 0 Å². The minimum atomic E-state index is -5.59.